The van der Waals surface area contributed by atoms with Gasteiger partial charge in [-0.2, -0.15) is 17.4 Å². The number of nitrogens with one attached hydrogen (secondary N) is 1. The zero-order valence-electron chi connectivity index (χ0n) is 20.9. The molecule has 3 aliphatic heterocycles. The van der Waals surface area contributed by atoms with Crippen LogP contribution in [-0.2, 0) is 19.7 Å². The summed E-state index contributed by atoms with van der Waals surface area (Å²) in [6.45, 7) is 1.68. The van der Waals surface area contributed by atoms with E-state index in [0.717, 1.165) is 42.2 Å². The van der Waals surface area contributed by atoms with Gasteiger partial charge < -0.3 is 19.1 Å². The summed E-state index contributed by atoms with van der Waals surface area (Å²) in [4.78, 5) is 14.6. The molecule has 1 saturated carbocycles. The van der Waals surface area contributed by atoms with Crippen LogP contribution in [0.5, 0.6) is 5.75 Å². The van der Waals surface area contributed by atoms with Crippen molar-refractivity contribution in [3.05, 3.63) is 29.8 Å². The lowest BCUT2D eigenvalue weighted by Gasteiger charge is -2.41. The topological polar surface area (TPSA) is 97.4 Å². The Kier molecular flexibility index (Phi) is 8.91. The molecule has 0 aromatic heterocycles. The van der Waals surface area contributed by atoms with E-state index in [2.05, 4.69) is 22.9 Å². The maximum Gasteiger partial charge on any atom is 0.410 e. The van der Waals surface area contributed by atoms with Gasteiger partial charge in [0.1, 0.15) is 5.75 Å². The third-order valence-corrected chi connectivity index (χ3v) is 8.90. The second-order valence-corrected chi connectivity index (χ2v) is 11.9. The third kappa shape index (κ3) is 6.87. The van der Waals surface area contributed by atoms with E-state index in [4.69, 9.17) is 14.2 Å². The van der Waals surface area contributed by atoms with E-state index in [1.807, 2.05) is 6.07 Å². The Morgan fingerprint density at radius 3 is 2.49 bits per heavy atom. The number of nitrogens with zero attached hydrogens (tertiary/aromatic N) is 2. The van der Waals surface area contributed by atoms with Crippen molar-refractivity contribution in [3.63, 3.8) is 0 Å². The van der Waals surface area contributed by atoms with Gasteiger partial charge in [-0.3, -0.25) is 0 Å². The summed E-state index contributed by atoms with van der Waals surface area (Å²) in [6.07, 6.45) is 6.42. The van der Waals surface area contributed by atoms with Crippen LogP contribution < -0.4 is 9.46 Å². The van der Waals surface area contributed by atoms with Crippen molar-refractivity contribution in [2.45, 2.75) is 75.5 Å². The molecule has 2 atom stereocenters. The molecule has 35 heavy (non-hydrogen) atoms. The molecule has 3 heterocycles. The smallest absolute Gasteiger partial charge is 0.410 e. The first-order valence-corrected chi connectivity index (χ1v) is 14.2. The van der Waals surface area contributed by atoms with Crippen LogP contribution in [0.15, 0.2) is 24.3 Å². The lowest BCUT2D eigenvalue weighted by Crippen LogP contribution is -2.60. The lowest BCUT2D eigenvalue weighted by molar-refractivity contribution is -0.0269. The molecule has 4 aliphatic rings. The summed E-state index contributed by atoms with van der Waals surface area (Å²) in [5.74, 6) is 1.37. The number of benzene rings is 1. The lowest BCUT2D eigenvalue weighted by atomic mass is 9.82. The van der Waals surface area contributed by atoms with E-state index in [-0.39, 0.29) is 12.7 Å². The predicted octanol–water partition coefficient (Wildman–Crippen LogP) is 3.27. The van der Waals surface area contributed by atoms with Gasteiger partial charge in [-0.1, -0.05) is 12.1 Å². The second kappa shape index (κ2) is 11.9. The fraction of sp³-hybridized carbons (Fsp3) is 0.720. The van der Waals surface area contributed by atoms with E-state index in [0.29, 0.717) is 44.9 Å². The Balaban J connectivity index is 1.50. The average molecular weight is 510 g/mol. The molecule has 0 unspecified atom stereocenters. The van der Waals surface area contributed by atoms with Crippen LogP contribution >= 0.6 is 0 Å². The van der Waals surface area contributed by atoms with Crippen LogP contribution in [-0.4, -0.2) is 82.4 Å². The summed E-state index contributed by atoms with van der Waals surface area (Å²) in [5.41, 5.74) is 1.31. The molecule has 0 spiro atoms. The van der Waals surface area contributed by atoms with Gasteiger partial charge in [-0.15, -0.1) is 0 Å². The maximum absolute atomic E-state index is 13.0. The van der Waals surface area contributed by atoms with Crippen molar-refractivity contribution < 1.29 is 27.4 Å². The van der Waals surface area contributed by atoms with E-state index in [1.165, 1.54) is 19.7 Å². The minimum atomic E-state index is -3.64. The number of piperidine rings is 1. The van der Waals surface area contributed by atoms with E-state index in [9.17, 15) is 13.2 Å². The molecule has 0 radical (unpaired) electrons. The van der Waals surface area contributed by atoms with Gasteiger partial charge in [0.25, 0.3) is 10.2 Å². The van der Waals surface area contributed by atoms with E-state index in [1.54, 1.807) is 4.90 Å². The molecule has 4 bridgehead atoms. The first kappa shape index (κ1) is 26.2. The number of hydrogen-bond acceptors (Lipinski definition) is 6. The summed E-state index contributed by atoms with van der Waals surface area (Å²) < 4.78 is 46.9. The van der Waals surface area contributed by atoms with E-state index >= 15 is 0 Å². The fourth-order valence-corrected chi connectivity index (χ4v) is 6.08. The zero-order chi connectivity index (χ0) is 24.8. The maximum atomic E-state index is 13.0. The van der Waals surface area contributed by atoms with Gasteiger partial charge in [-0.05, 0) is 75.0 Å². The SMILES string of the molecule is CN(C)S(=O)(=O)N[C@H]1CCCN2C(=O)OCCCCOc3cccc(c3)C3CCC(CC3)OC[C@@H]12. The molecule has 196 valence electrons. The number of hydrogen-bond donors (Lipinski definition) is 1. The standard InChI is InChI=1S/C25H39N3O6S/c1-27(2)35(30,31)26-23-9-6-14-28-24(23)18-34-21-12-10-19(11-13-21)20-7-5-8-22(17-20)32-15-3-4-16-33-25(28)29/h5,7-8,17,19,21,23-24,26H,3-4,6,9-16,18H2,1-2H3/t19?,21?,23-,24-/m0/s1. The van der Waals surface area contributed by atoms with Crippen LogP contribution in [0, 0.1) is 0 Å². The fourth-order valence-electron chi connectivity index (χ4n) is 5.22. The van der Waals surface area contributed by atoms with Crippen LogP contribution in [0.1, 0.15) is 62.8 Å². The van der Waals surface area contributed by atoms with Crippen LogP contribution in [0.25, 0.3) is 0 Å². The summed E-state index contributed by atoms with van der Waals surface area (Å²) >= 11 is 0. The van der Waals surface area contributed by atoms with Gasteiger partial charge in [0, 0.05) is 26.7 Å². The second-order valence-electron chi connectivity index (χ2n) is 9.96. The van der Waals surface area contributed by atoms with Gasteiger partial charge >= 0.3 is 6.09 Å². The Morgan fingerprint density at radius 1 is 1.00 bits per heavy atom. The summed E-state index contributed by atoms with van der Waals surface area (Å²) in [6, 6.07) is 7.53. The highest BCUT2D eigenvalue weighted by Gasteiger charge is 2.38. The minimum absolute atomic E-state index is 0.0930. The molecule has 1 amide bonds. The predicted molar refractivity (Wildman–Crippen MR) is 133 cm³/mol. The van der Waals surface area contributed by atoms with Crippen molar-refractivity contribution >= 4 is 16.3 Å². The summed E-state index contributed by atoms with van der Waals surface area (Å²) in [7, 11) is -0.654. The van der Waals surface area contributed by atoms with Gasteiger partial charge in [0.2, 0.25) is 0 Å². The van der Waals surface area contributed by atoms with E-state index < -0.39 is 28.4 Å². The zero-order valence-corrected chi connectivity index (χ0v) is 21.7. The Morgan fingerprint density at radius 2 is 1.74 bits per heavy atom. The molecule has 9 nitrogen and oxygen atoms in total. The molecule has 10 heteroatoms. The van der Waals surface area contributed by atoms with Gasteiger partial charge in [0.15, 0.2) is 0 Å². The third-order valence-electron chi connectivity index (χ3n) is 7.33. The molecular formula is C25H39N3O6S. The highest BCUT2D eigenvalue weighted by molar-refractivity contribution is 7.87. The quantitative estimate of drug-likeness (QED) is 0.672. The van der Waals surface area contributed by atoms with Crippen LogP contribution in [0.3, 0.4) is 0 Å². The number of rotatable bonds is 3. The first-order chi connectivity index (χ1) is 16.8. The van der Waals surface area contributed by atoms with Crippen LogP contribution in [0.2, 0.25) is 0 Å². The number of fused-ring (bicyclic) bond motifs is 9. The number of ether oxygens (including phenoxy) is 3. The van der Waals surface area contributed by atoms with Gasteiger partial charge in [0.05, 0.1) is 32.0 Å². The Labute approximate surface area is 209 Å². The van der Waals surface area contributed by atoms with Crippen molar-refractivity contribution in [3.8, 4) is 5.75 Å². The molecule has 1 aromatic rings. The van der Waals surface area contributed by atoms with Crippen molar-refractivity contribution in [2.24, 2.45) is 0 Å². The van der Waals surface area contributed by atoms with Crippen molar-refractivity contribution in [1.82, 2.24) is 13.9 Å². The highest BCUT2D eigenvalue weighted by atomic mass is 32.2. The molecule has 2 fully saturated rings. The van der Waals surface area contributed by atoms with Crippen LogP contribution in [0.4, 0.5) is 4.79 Å². The molecule has 1 aromatic carbocycles. The van der Waals surface area contributed by atoms with Crippen molar-refractivity contribution in [2.75, 3.05) is 40.5 Å². The van der Waals surface area contributed by atoms with Crippen molar-refractivity contribution in [1.29, 1.82) is 0 Å². The molecule has 1 N–H and O–H groups in total. The Hall–Kier alpha value is -1.88. The summed E-state index contributed by atoms with van der Waals surface area (Å²) in [5, 5.41) is 0. The molecule has 1 aliphatic carbocycles. The normalized spacial score (nSPS) is 29.0. The average Bonchev–Trinajstić information content (AvgIpc) is 2.85. The monoisotopic (exact) mass is 509 g/mol. The highest BCUT2D eigenvalue weighted by Crippen LogP contribution is 2.35. The van der Waals surface area contributed by atoms with Gasteiger partial charge in [-0.25, -0.2) is 4.79 Å². The number of amides is 1. The first-order valence-electron chi connectivity index (χ1n) is 12.8. The number of carbonyl (C=O) groups is 1. The molecular weight excluding hydrogens is 470 g/mol. The largest absolute Gasteiger partial charge is 0.494 e. The molecule has 5 rings (SSSR count). The molecule has 1 saturated heterocycles. The number of carbonyl (C=O) groups excluding carboxylic acids is 1. The Bertz CT molecular complexity index is 948. The minimum Gasteiger partial charge on any atom is -0.494 e.